The van der Waals surface area contributed by atoms with Gasteiger partial charge < -0.3 is 9.80 Å². The van der Waals surface area contributed by atoms with E-state index in [0.717, 1.165) is 28.4 Å². The Labute approximate surface area is 247 Å². The number of halogens is 3. The lowest BCUT2D eigenvalue weighted by atomic mass is 10.1. The molecule has 1 aliphatic rings. The second-order valence-corrected chi connectivity index (χ2v) is 11.3. The van der Waals surface area contributed by atoms with Gasteiger partial charge in [0.15, 0.2) is 11.0 Å². The first-order chi connectivity index (χ1) is 20.4. The molecule has 4 heterocycles. The van der Waals surface area contributed by atoms with Gasteiger partial charge in [0.25, 0.3) is 5.91 Å². The van der Waals surface area contributed by atoms with Crippen molar-refractivity contribution < 1.29 is 18.0 Å². The number of anilines is 1. The summed E-state index contributed by atoms with van der Waals surface area (Å²) in [4.78, 5) is 25.4. The Hall–Kier alpha value is -4.23. The fourth-order valence-electron chi connectivity index (χ4n) is 4.67. The van der Waals surface area contributed by atoms with Gasteiger partial charge in [-0.15, -0.1) is 21.5 Å². The fraction of sp³-hybridized carbons (Fsp3) is 0.207. The van der Waals surface area contributed by atoms with Crippen LogP contribution in [0.15, 0.2) is 89.7 Å². The predicted molar refractivity (Wildman–Crippen MR) is 156 cm³/mol. The molecule has 42 heavy (non-hydrogen) atoms. The minimum Gasteiger partial charge on any atom is -0.368 e. The topological polar surface area (TPSA) is 80.0 Å². The first-order valence-corrected chi connectivity index (χ1v) is 14.9. The van der Waals surface area contributed by atoms with Gasteiger partial charge in [-0.3, -0.25) is 14.3 Å². The Morgan fingerprint density at radius 2 is 1.64 bits per heavy atom. The van der Waals surface area contributed by atoms with Gasteiger partial charge in [0.1, 0.15) is 10.7 Å². The van der Waals surface area contributed by atoms with Crippen molar-refractivity contribution in [1.82, 2.24) is 29.6 Å². The van der Waals surface area contributed by atoms with Gasteiger partial charge in [0, 0.05) is 60.9 Å². The van der Waals surface area contributed by atoms with Crippen LogP contribution in [0.3, 0.4) is 0 Å². The Morgan fingerprint density at radius 1 is 0.905 bits per heavy atom. The normalized spacial score (nSPS) is 13.9. The summed E-state index contributed by atoms with van der Waals surface area (Å²) in [5.74, 6) is 1.02. The number of thiazole rings is 1. The van der Waals surface area contributed by atoms with Gasteiger partial charge in [-0.05, 0) is 42.5 Å². The number of thioether (sulfide) groups is 1. The number of amides is 1. The first-order valence-electron chi connectivity index (χ1n) is 13.1. The van der Waals surface area contributed by atoms with E-state index in [1.807, 2.05) is 51.9 Å². The minimum absolute atomic E-state index is 0.182. The zero-order valence-corrected chi connectivity index (χ0v) is 23.7. The smallest absolute Gasteiger partial charge is 0.368 e. The highest BCUT2D eigenvalue weighted by Crippen LogP contribution is 2.33. The number of aromatic nitrogens is 5. The van der Waals surface area contributed by atoms with Crippen LogP contribution < -0.4 is 4.90 Å². The van der Waals surface area contributed by atoms with Crippen molar-refractivity contribution in [3.63, 3.8) is 0 Å². The van der Waals surface area contributed by atoms with Gasteiger partial charge in [-0.2, -0.15) is 13.2 Å². The number of carbonyl (C=O) groups is 1. The van der Waals surface area contributed by atoms with E-state index in [1.54, 1.807) is 28.7 Å². The molecule has 1 fully saturated rings. The van der Waals surface area contributed by atoms with Crippen LogP contribution in [-0.2, 0) is 11.9 Å². The second-order valence-electron chi connectivity index (χ2n) is 9.46. The van der Waals surface area contributed by atoms with Crippen molar-refractivity contribution in [2.24, 2.45) is 0 Å². The summed E-state index contributed by atoms with van der Waals surface area (Å²) >= 11 is 2.89. The van der Waals surface area contributed by atoms with Crippen LogP contribution >= 0.6 is 23.1 Å². The first kappa shape index (κ1) is 27.9. The van der Waals surface area contributed by atoms with Crippen LogP contribution in [0.5, 0.6) is 0 Å². The van der Waals surface area contributed by atoms with Crippen molar-refractivity contribution in [2.75, 3.05) is 31.1 Å². The highest BCUT2D eigenvalue weighted by Gasteiger charge is 2.31. The monoisotopic (exact) mass is 607 g/mol. The third-order valence-electron chi connectivity index (χ3n) is 6.79. The number of carbonyl (C=O) groups excluding carboxylic acids is 1. The maximum absolute atomic E-state index is 13.2. The van der Waals surface area contributed by atoms with Gasteiger partial charge in [-0.25, -0.2) is 4.98 Å². The average Bonchev–Trinajstić information content (AvgIpc) is 3.68. The molecular weight excluding hydrogens is 583 g/mol. The summed E-state index contributed by atoms with van der Waals surface area (Å²) < 4.78 is 41.4. The number of benzene rings is 2. The highest BCUT2D eigenvalue weighted by atomic mass is 32.2. The predicted octanol–water partition coefficient (Wildman–Crippen LogP) is 6.06. The lowest BCUT2D eigenvalue weighted by Crippen LogP contribution is -2.49. The minimum atomic E-state index is -4.40. The largest absolute Gasteiger partial charge is 0.416 e. The number of pyridine rings is 1. The van der Waals surface area contributed by atoms with Crippen molar-refractivity contribution >= 4 is 34.7 Å². The van der Waals surface area contributed by atoms with E-state index in [-0.39, 0.29) is 5.91 Å². The van der Waals surface area contributed by atoms with Gasteiger partial charge in [0.2, 0.25) is 0 Å². The molecule has 1 saturated heterocycles. The van der Waals surface area contributed by atoms with Gasteiger partial charge in [-0.1, -0.05) is 36.0 Å². The van der Waals surface area contributed by atoms with E-state index < -0.39 is 11.7 Å². The third-order valence-corrected chi connectivity index (χ3v) is 8.76. The quantitative estimate of drug-likeness (QED) is 0.208. The molecule has 0 aliphatic carbocycles. The number of hydrogen-bond donors (Lipinski definition) is 0. The van der Waals surface area contributed by atoms with E-state index in [9.17, 15) is 18.0 Å². The summed E-state index contributed by atoms with van der Waals surface area (Å²) in [6.45, 7) is 1.67. The van der Waals surface area contributed by atoms with Crippen molar-refractivity contribution in [1.29, 1.82) is 0 Å². The molecule has 0 bridgehead atoms. The van der Waals surface area contributed by atoms with Crippen molar-refractivity contribution in [2.45, 2.75) is 17.1 Å². The van der Waals surface area contributed by atoms with E-state index in [0.29, 0.717) is 54.3 Å². The Kier molecular flexibility index (Phi) is 7.94. The Bertz CT molecular complexity index is 1670. The molecule has 0 unspecified atom stereocenters. The van der Waals surface area contributed by atoms with Gasteiger partial charge >= 0.3 is 6.18 Å². The molecule has 0 N–H and O–H groups in total. The molecule has 1 amide bonds. The van der Waals surface area contributed by atoms with Crippen LogP contribution in [0.1, 0.15) is 21.1 Å². The molecule has 0 saturated carbocycles. The molecule has 6 rings (SSSR count). The SMILES string of the molecule is O=C(c1csc(CSc2nnc(-c3ccncc3)n2-c2ccccc2)n1)N1CCN(c2cccc(C(F)(F)F)c2)CC1. The molecule has 1 aliphatic heterocycles. The third kappa shape index (κ3) is 6.02. The lowest BCUT2D eigenvalue weighted by Gasteiger charge is -2.36. The maximum atomic E-state index is 13.2. The molecule has 3 aromatic heterocycles. The second kappa shape index (κ2) is 11.9. The molecule has 13 heteroatoms. The molecule has 5 aromatic rings. The van der Waals surface area contributed by atoms with E-state index in [4.69, 9.17) is 0 Å². The van der Waals surface area contributed by atoms with Crippen LogP contribution in [0.25, 0.3) is 17.1 Å². The molecular formula is C29H24F3N7OS2. The number of para-hydroxylation sites is 1. The molecule has 8 nitrogen and oxygen atoms in total. The average molecular weight is 608 g/mol. The zero-order valence-electron chi connectivity index (χ0n) is 22.1. The summed E-state index contributed by atoms with van der Waals surface area (Å²) in [5.41, 5.74) is 2.01. The Morgan fingerprint density at radius 3 is 2.38 bits per heavy atom. The maximum Gasteiger partial charge on any atom is 0.416 e. The highest BCUT2D eigenvalue weighted by molar-refractivity contribution is 7.98. The number of nitrogens with zero attached hydrogens (tertiary/aromatic N) is 7. The number of alkyl halides is 3. The van der Waals surface area contributed by atoms with E-state index in [1.165, 1.54) is 29.2 Å². The summed E-state index contributed by atoms with van der Waals surface area (Å²) in [5, 5.41) is 12.1. The number of hydrogen-bond acceptors (Lipinski definition) is 8. The van der Waals surface area contributed by atoms with Crippen LogP contribution in [0.2, 0.25) is 0 Å². The van der Waals surface area contributed by atoms with E-state index >= 15 is 0 Å². The summed E-state index contributed by atoms with van der Waals surface area (Å²) in [6, 6.07) is 18.9. The molecule has 2 aromatic carbocycles. The van der Waals surface area contributed by atoms with Crippen molar-refractivity contribution in [3.8, 4) is 17.1 Å². The summed E-state index contributed by atoms with van der Waals surface area (Å²) in [7, 11) is 0. The zero-order chi connectivity index (χ0) is 29.1. The van der Waals surface area contributed by atoms with Crippen LogP contribution in [0, 0.1) is 0 Å². The van der Waals surface area contributed by atoms with Gasteiger partial charge in [0.05, 0.1) is 11.3 Å². The van der Waals surface area contributed by atoms with Crippen molar-refractivity contribution in [3.05, 3.63) is 101 Å². The Balaban J connectivity index is 1.11. The molecule has 0 atom stereocenters. The van der Waals surface area contributed by atoms with E-state index in [2.05, 4.69) is 20.2 Å². The number of rotatable bonds is 7. The lowest BCUT2D eigenvalue weighted by molar-refractivity contribution is -0.137. The van der Waals surface area contributed by atoms with Crippen LogP contribution in [0.4, 0.5) is 18.9 Å². The molecule has 0 spiro atoms. The number of piperazine rings is 1. The standard InChI is InChI=1S/C29H24F3N7OS2/c30-29(31,32)21-5-4-8-23(17-21)37-13-15-38(16-14-37)27(40)24-18-41-25(34-24)19-42-28-36-35-26(20-9-11-33-12-10-20)39(28)22-6-2-1-3-7-22/h1-12,17-18H,13-16,19H2. The summed E-state index contributed by atoms with van der Waals surface area (Å²) in [6.07, 6.45) is -0.968. The molecule has 0 radical (unpaired) electrons. The fourth-order valence-corrected chi connectivity index (χ4v) is 6.41. The van der Waals surface area contributed by atoms with Crippen LogP contribution in [-0.4, -0.2) is 61.7 Å². The molecule has 214 valence electrons.